The SMILES string of the molecule is CC(C)c1nn2c(Cc3ccccc3N)nnc2s1. The van der Waals surface area contributed by atoms with Gasteiger partial charge in [-0.05, 0) is 11.6 Å². The molecular weight excluding hydrogens is 258 g/mol. The molecule has 98 valence electrons. The van der Waals surface area contributed by atoms with Crippen molar-refractivity contribution in [1.29, 1.82) is 0 Å². The topological polar surface area (TPSA) is 69.1 Å². The van der Waals surface area contributed by atoms with E-state index in [-0.39, 0.29) is 0 Å². The van der Waals surface area contributed by atoms with Gasteiger partial charge >= 0.3 is 0 Å². The molecule has 1 aromatic carbocycles. The second kappa shape index (κ2) is 4.62. The van der Waals surface area contributed by atoms with E-state index in [1.165, 1.54) is 0 Å². The van der Waals surface area contributed by atoms with Crippen LogP contribution in [-0.4, -0.2) is 19.8 Å². The normalized spacial score (nSPS) is 11.5. The number of hydrogen-bond donors (Lipinski definition) is 1. The molecule has 0 radical (unpaired) electrons. The molecular formula is C13H15N5S. The number of benzene rings is 1. The number of nitrogen functional groups attached to an aromatic ring is 1. The van der Waals surface area contributed by atoms with Gasteiger partial charge in [0.1, 0.15) is 5.01 Å². The number of fused-ring (bicyclic) bond motifs is 1. The highest BCUT2D eigenvalue weighted by molar-refractivity contribution is 7.16. The summed E-state index contributed by atoms with van der Waals surface area (Å²) < 4.78 is 1.83. The third kappa shape index (κ3) is 2.19. The Morgan fingerprint density at radius 1 is 1.26 bits per heavy atom. The molecule has 6 heteroatoms. The highest BCUT2D eigenvalue weighted by Crippen LogP contribution is 2.22. The summed E-state index contributed by atoms with van der Waals surface area (Å²) in [5, 5.41) is 14.0. The molecule has 19 heavy (non-hydrogen) atoms. The number of nitrogens with two attached hydrogens (primary N) is 1. The standard InChI is InChI=1S/C13H15N5S/c1-8(2)12-17-18-11(15-16-13(18)19-12)7-9-5-3-4-6-10(9)14/h3-6,8H,7,14H2,1-2H3. The maximum absolute atomic E-state index is 5.96. The number of anilines is 1. The van der Waals surface area contributed by atoms with Crippen molar-refractivity contribution < 1.29 is 0 Å². The predicted molar refractivity (Wildman–Crippen MR) is 76.4 cm³/mol. The molecule has 2 N–H and O–H groups in total. The zero-order valence-corrected chi connectivity index (χ0v) is 11.7. The van der Waals surface area contributed by atoms with Gasteiger partial charge in [-0.1, -0.05) is 43.4 Å². The molecule has 2 aromatic heterocycles. The van der Waals surface area contributed by atoms with Crippen molar-refractivity contribution in [2.24, 2.45) is 0 Å². The van der Waals surface area contributed by atoms with Gasteiger partial charge in [-0.25, -0.2) is 0 Å². The Labute approximate surface area is 115 Å². The van der Waals surface area contributed by atoms with Gasteiger partial charge < -0.3 is 5.73 Å². The zero-order valence-electron chi connectivity index (χ0n) is 10.9. The van der Waals surface area contributed by atoms with E-state index in [0.717, 1.165) is 27.0 Å². The van der Waals surface area contributed by atoms with Gasteiger partial charge in [0.15, 0.2) is 5.82 Å². The van der Waals surface area contributed by atoms with Gasteiger partial charge in [-0.15, -0.1) is 10.2 Å². The molecule has 0 saturated heterocycles. The summed E-state index contributed by atoms with van der Waals surface area (Å²) in [7, 11) is 0. The molecule has 0 aliphatic rings. The van der Waals surface area contributed by atoms with Crippen LogP contribution in [0, 0.1) is 0 Å². The largest absolute Gasteiger partial charge is 0.398 e. The van der Waals surface area contributed by atoms with Crippen molar-refractivity contribution >= 4 is 22.0 Å². The highest BCUT2D eigenvalue weighted by atomic mass is 32.1. The zero-order chi connectivity index (χ0) is 13.4. The minimum Gasteiger partial charge on any atom is -0.398 e. The van der Waals surface area contributed by atoms with Crippen molar-refractivity contribution in [1.82, 2.24) is 19.8 Å². The molecule has 3 rings (SSSR count). The first kappa shape index (κ1) is 12.1. The minimum atomic E-state index is 0.404. The number of rotatable bonds is 3. The Hall–Kier alpha value is -1.95. The summed E-state index contributed by atoms with van der Waals surface area (Å²) >= 11 is 1.59. The number of nitrogens with zero attached hydrogens (tertiary/aromatic N) is 4. The third-order valence-electron chi connectivity index (χ3n) is 2.97. The van der Waals surface area contributed by atoms with Gasteiger partial charge in [0.25, 0.3) is 0 Å². The first-order valence-corrected chi connectivity index (χ1v) is 7.01. The van der Waals surface area contributed by atoms with Gasteiger partial charge in [-0.2, -0.15) is 9.61 Å². The molecule has 0 unspecified atom stereocenters. The van der Waals surface area contributed by atoms with Crippen LogP contribution >= 0.6 is 11.3 Å². The second-order valence-corrected chi connectivity index (χ2v) is 5.77. The van der Waals surface area contributed by atoms with Crippen molar-refractivity contribution in [2.45, 2.75) is 26.2 Å². The smallest absolute Gasteiger partial charge is 0.234 e. The molecule has 0 bridgehead atoms. The molecule has 3 aromatic rings. The van der Waals surface area contributed by atoms with Crippen LogP contribution in [0.25, 0.3) is 4.96 Å². The molecule has 2 heterocycles. The highest BCUT2D eigenvalue weighted by Gasteiger charge is 2.14. The lowest BCUT2D eigenvalue weighted by atomic mass is 10.1. The number of para-hydroxylation sites is 1. The molecule has 0 fully saturated rings. The van der Waals surface area contributed by atoms with Crippen LogP contribution in [0.3, 0.4) is 0 Å². The van der Waals surface area contributed by atoms with E-state index >= 15 is 0 Å². The monoisotopic (exact) mass is 273 g/mol. The summed E-state index contributed by atoms with van der Waals surface area (Å²) in [6, 6.07) is 7.81. The van der Waals surface area contributed by atoms with Gasteiger partial charge in [0, 0.05) is 18.0 Å². The van der Waals surface area contributed by atoms with E-state index in [2.05, 4.69) is 29.1 Å². The van der Waals surface area contributed by atoms with E-state index in [1.54, 1.807) is 11.3 Å². The van der Waals surface area contributed by atoms with E-state index in [0.29, 0.717) is 12.3 Å². The fourth-order valence-electron chi connectivity index (χ4n) is 1.88. The maximum atomic E-state index is 5.96. The van der Waals surface area contributed by atoms with Crippen LogP contribution < -0.4 is 5.73 Å². The molecule has 0 spiro atoms. The predicted octanol–water partition coefficient (Wildman–Crippen LogP) is 2.48. The Bertz CT molecular complexity index is 713. The first-order chi connectivity index (χ1) is 9.15. The van der Waals surface area contributed by atoms with Crippen LogP contribution in [0.4, 0.5) is 5.69 Å². The fourth-order valence-corrected chi connectivity index (χ4v) is 2.74. The molecule has 0 atom stereocenters. The average Bonchev–Trinajstić information content (AvgIpc) is 2.94. The summed E-state index contributed by atoms with van der Waals surface area (Å²) in [5.74, 6) is 1.23. The molecule has 0 aliphatic heterocycles. The van der Waals surface area contributed by atoms with Gasteiger partial charge in [0.05, 0.1) is 0 Å². The van der Waals surface area contributed by atoms with Crippen LogP contribution in [0.5, 0.6) is 0 Å². The van der Waals surface area contributed by atoms with E-state index in [9.17, 15) is 0 Å². The Balaban J connectivity index is 1.99. The van der Waals surface area contributed by atoms with Crippen molar-refractivity contribution in [3.05, 3.63) is 40.7 Å². The molecule has 0 saturated carbocycles. The third-order valence-corrected chi connectivity index (χ3v) is 4.17. The van der Waals surface area contributed by atoms with Crippen LogP contribution in [0.15, 0.2) is 24.3 Å². The Kier molecular flexibility index (Phi) is 2.94. The molecule has 0 amide bonds. The number of aromatic nitrogens is 4. The molecule has 5 nitrogen and oxygen atoms in total. The summed E-state index contributed by atoms with van der Waals surface area (Å²) in [4.78, 5) is 0.841. The van der Waals surface area contributed by atoms with Crippen LogP contribution in [0.2, 0.25) is 0 Å². The van der Waals surface area contributed by atoms with Gasteiger partial charge in [0.2, 0.25) is 4.96 Å². The summed E-state index contributed by atoms with van der Waals surface area (Å²) in [5.41, 5.74) is 7.79. The van der Waals surface area contributed by atoms with Crippen molar-refractivity contribution in [3.63, 3.8) is 0 Å². The Morgan fingerprint density at radius 3 is 2.79 bits per heavy atom. The van der Waals surface area contributed by atoms with Gasteiger partial charge in [-0.3, -0.25) is 0 Å². The summed E-state index contributed by atoms with van der Waals surface area (Å²) in [6.07, 6.45) is 0.648. The lowest BCUT2D eigenvalue weighted by Gasteiger charge is -2.02. The van der Waals surface area contributed by atoms with Crippen LogP contribution in [0.1, 0.15) is 36.2 Å². The minimum absolute atomic E-state index is 0.404. The van der Waals surface area contributed by atoms with Crippen LogP contribution in [-0.2, 0) is 6.42 Å². The number of hydrogen-bond acceptors (Lipinski definition) is 5. The Morgan fingerprint density at radius 2 is 2.05 bits per heavy atom. The fraction of sp³-hybridized carbons (Fsp3) is 0.308. The van der Waals surface area contributed by atoms with E-state index in [1.807, 2.05) is 28.8 Å². The van der Waals surface area contributed by atoms with Crippen molar-refractivity contribution in [3.8, 4) is 0 Å². The maximum Gasteiger partial charge on any atom is 0.234 e. The molecule has 0 aliphatic carbocycles. The average molecular weight is 273 g/mol. The second-order valence-electron chi connectivity index (χ2n) is 4.78. The van der Waals surface area contributed by atoms with E-state index in [4.69, 9.17) is 5.73 Å². The first-order valence-electron chi connectivity index (χ1n) is 6.19. The quantitative estimate of drug-likeness (QED) is 0.744. The lowest BCUT2D eigenvalue weighted by molar-refractivity contribution is 0.773. The lowest BCUT2D eigenvalue weighted by Crippen LogP contribution is -2.01. The summed E-state index contributed by atoms with van der Waals surface area (Å²) in [6.45, 7) is 4.25. The van der Waals surface area contributed by atoms with Crippen molar-refractivity contribution in [2.75, 3.05) is 5.73 Å². The van der Waals surface area contributed by atoms with E-state index < -0.39 is 0 Å².